The highest BCUT2D eigenvalue weighted by Crippen LogP contribution is 2.32. The molecular formula is C28H31FN4O4. The minimum atomic E-state index is -0.660. The lowest BCUT2D eigenvalue weighted by molar-refractivity contribution is -0.144. The van der Waals surface area contributed by atoms with Crippen LogP contribution in [-0.2, 0) is 28.9 Å². The number of halogens is 1. The van der Waals surface area contributed by atoms with Crippen LogP contribution in [0.1, 0.15) is 58.7 Å². The third-order valence-corrected chi connectivity index (χ3v) is 6.95. The van der Waals surface area contributed by atoms with Gasteiger partial charge in [-0.25, -0.2) is 9.37 Å². The highest BCUT2D eigenvalue weighted by molar-refractivity contribution is 5.94. The summed E-state index contributed by atoms with van der Waals surface area (Å²) in [5.41, 5.74) is 4.23. The molecule has 0 bridgehead atoms. The molecule has 1 amide bonds. The Bertz CT molecular complexity index is 1320. The third-order valence-electron chi connectivity index (χ3n) is 6.95. The van der Waals surface area contributed by atoms with Gasteiger partial charge in [0.1, 0.15) is 11.5 Å². The Labute approximate surface area is 215 Å². The number of fused-ring (bicyclic) bond motifs is 2. The number of ether oxygens (including phenoxy) is 2. The van der Waals surface area contributed by atoms with E-state index in [1.54, 1.807) is 17.9 Å². The lowest BCUT2D eigenvalue weighted by atomic mass is 10.00. The number of carbonyl (C=O) groups excluding carboxylic acids is 2. The van der Waals surface area contributed by atoms with Crippen molar-refractivity contribution in [2.45, 2.75) is 45.2 Å². The summed E-state index contributed by atoms with van der Waals surface area (Å²) in [4.78, 5) is 32.5. The number of pyridine rings is 1. The quantitative estimate of drug-likeness (QED) is 0.463. The molecule has 0 saturated heterocycles. The lowest BCUT2D eigenvalue weighted by Crippen LogP contribution is -2.43. The summed E-state index contributed by atoms with van der Waals surface area (Å²) in [6.45, 7) is 3.85. The maximum absolute atomic E-state index is 14.6. The van der Waals surface area contributed by atoms with Crippen LogP contribution in [0.15, 0.2) is 42.6 Å². The van der Waals surface area contributed by atoms with E-state index in [1.807, 2.05) is 22.9 Å². The number of methoxy groups -OCH3 is 1. The van der Waals surface area contributed by atoms with Crippen LogP contribution >= 0.6 is 0 Å². The Morgan fingerprint density at radius 3 is 2.86 bits per heavy atom. The number of benzene rings is 1. The molecule has 0 fully saturated rings. The molecule has 194 valence electrons. The first-order valence-electron chi connectivity index (χ1n) is 12.7. The van der Waals surface area contributed by atoms with Gasteiger partial charge in [-0.05, 0) is 60.7 Å². The zero-order valence-corrected chi connectivity index (χ0v) is 21.1. The maximum atomic E-state index is 14.6. The van der Waals surface area contributed by atoms with Crippen molar-refractivity contribution < 1.29 is 23.5 Å². The zero-order valence-electron chi connectivity index (χ0n) is 21.1. The lowest BCUT2D eigenvalue weighted by Gasteiger charge is -2.35. The Balaban J connectivity index is 1.39. The minimum Gasteiger partial charge on any atom is -0.494 e. The fourth-order valence-electron chi connectivity index (χ4n) is 5.15. The summed E-state index contributed by atoms with van der Waals surface area (Å²) >= 11 is 0. The Kier molecular flexibility index (Phi) is 7.12. The molecule has 2 aliphatic rings. The van der Waals surface area contributed by atoms with Gasteiger partial charge in [-0.3, -0.25) is 9.59 Å². The number of hydrogen-bond acceptors (Lipinski definition) is 6. The first-order chi connectivity index (χ1) is 18.0. The number of carbonyl (C=O) groups is 2. The number of nitrogens with zero attached hydrogens (tertiary/aromatic N) is 3. The van der Waals surface area contributed by atoms with Crippen molar-refractivity contribution in [1.29, 1.82) is 0 Å². The van der Waals surface area contributed by atoms with E-state index in [0.717, 1.165) is 36.5 Å². The van der Waals surface area contributed by atoms with Crippen LogP contribution in [0, 0.1) is 5.82 Å². The largest absolute Gasteiger partial charge is 0.494 e. The molecule has 2 aliphatic heterocycles. The van der Waals surface area contributed by atoms with Crippen molar-refractivity contribution in [2.24, 2.45) is 0 Å². The molecule has 0 saturated carbocycles. The Morgan fingerprint density at radius 1 is 1.22 bits per heavy atom. The molecule has 5 rings (SSSR count). The van der Waals surface area contributed by atoms with Gasteiger partial charge in [-0.1, -0.05) is 12.1 Å². The van der Waals surface area contributed by atoms with Crippen LogP contribution in [-0.4, -0.2) is 53.1 Å². The van der Waals surface area contributed by atoms with Gasteiger partial charge < -0.3 is 24.3 Å². The highest BCUT2D eigenvalue weighted by atomic mass is 19.1. The molecule has 1 N–H and O–H groups in total. The Hall–Kier alpha value is -3.88. The molecular weight excluding hydrogens is 475 g/mol. The molecule has 0 radical (unpaired) electrons. The van der Waals surface area contributed by atoms with Gasteiger partial charge >= 0.3 is 5.97 Å². The van der Waals surface area contributed by atoms with Gasteiger partial charge in [-0.2, -0.15) is 0 Å². The number of amides is 1. The predicted molar refractivity (Wildman–Crippen MR) is 136 cm³/mol. The van der Waals surface area contributed by atoms with E-state index in [1.165, 1.54) is 24.8 Å². The van der Waals surface area contributed by atoms with Crippen molar-refractivity contribution in [3.8, 4) is 5.75 Å². The minimum absolute atomic E-state index is 0.0645. The summed E-state index contributed by atoms with van der Waals surface area (Å²) in [6, 6.07) is 9.92. The number of aryl methyl sites for hydroxylation is 1. The van der Waals surface area contributed by atoms with Crippen LogP contribution in [0.5, 0.6) is 5.75 Å². The first-order valence-corrected chi connectivity index (χ1v) is 12.7. The monoisotopic (exact) mass is 506 g/mol. The van der Waals surface area contributed by atoms with E-state index in [4.69, 9.17) is 14.5 Å². The standard InChI is InChI=1S/C28H31FN4O4/c1-3-37-26(34)16-23(20-7-9-25(36-2)22(29)15-20)33-12-11-32-17-18(14-24(32)28(33)35)13-21-8-6-19-5-4-10-30-27(19)31-21/h6-9,14-15,17,23H,3-5,10-13,16H2,1-2H3,(H,30,31)/t23-/m0/s1. The van der Waals surface area contributed by atoms with Crippen LogP contribution in [0.25, 0.3) is 0 Å². The fraction of sp³-hybridized carbons (Fsp3) is 0.393. The number of esters is 1. The second kappa shape index (κ2) is 10.6. The average Bonchev–Trinajstić information content (AvgIpc) is 3.31. The predicted octanol–water partition coefficient (Wildman–Crippen LogP) is 4.13. The van der Waals surface area contributed by atoms with E-state index in [2.05, 4.69) is 11.4 Å². The number of aromatic nitrogens is 2. The van der Waals surface area contributed by atoms with Crippen molar-refractivity contribution in [3.05, 3.63) is 76.5 Å². The molecule has 2 aromatic heterocycles. The number of rotatable bonds is 8. The van der Waals surface area contributed by atoms with Crippen LogP contribution in [0.4, 0.5) is 10.2 Å². The second-order valence-corrected chi connectivity index (χ2v) is 9.36. The molecule has 1 atom stereocenters. The molecule has 37 heavy (non-hydrogen) atoms. The van der Waals surface area contributed by atoms with Crippen molar-refractivity contribution in [2.75, 3.05) is 32.1 Å². The van der Waals surface area contributed by atoms with Gasteiger partial charge in [0.25, 0.3) is 5.91 Å². The van der Waals surface area contributed by atoms with Gasteiger partial charge in [0.2, 0.25) is 0 Å². The molecule has 0 unspecified atom stereocenters. The number of hydrogen-bond donors (Lipinski definition) is 1. The topological polar surface area (TPSA) is 85.7 Å². The average molecular weight is 507 g/mol. The molecule has 0 aliphatic carbocycles. The number of nitrogens with one attached hydrogen (secondary N) is 1. The normalized spacial score (nSPS) is 15.4. The highest BCUT2D eigenvalue weighted by Gasteiger charge is 2.33. The third kappa shape index (κ3) is 5.16. The molecule has 1 aromatic carbocycles. The summed E-state index contributed by atoms with van der Waals surface area (Å²) < 4.78 is 26.7. The van der Waals surface area contributed by atoms with E-state index in [9.17, 15) is 14.0 Å². The second-order valence-electron chi connectivity index (χ2n) is 9.36. The molecule has 4 heterocycles. The smallest absolute Gasteiger partial charge is 0.308 e. The van der Waals surface area contributed by atoms with Crippen LogP contribution in [0.3, 0.4) is 0 Å². The van der Waals surface area contributed by atoms with Crippen molar-refractivity contribution >= 4 is 17.7 Å². The molecule has 9 heteroatoms. The molecule has 3 aromatic rings. The summed E-state index contributed by atoms with van der Waals surface area (Å²) in [6.07, 6.45) is 4.68. The molecule has 8 nitrogen and oxygen atoms in total. The summed E-state index contributed by atoms with van der Waals surface area (Å²) in [5.74, 6) is -0.138. The SMILES string of the molecule is CCOC(=O)C[C@@H](c1ccc(OC)c(F)c1)N1CCn2cc(Cc3ccc4c(n3)NCCC4)cc2C1=O. The van der Waals surface area contributed by atoms with E-state index in [0.29, 0.717) is 30.8 Å². The summed E-state index contributed by atoms with van der Waals surface area (Å²) in [5, 5.41) is 3.36. The van der Waals surface area contributed by atoms with E-state index in [-0.39, 0.29) is 24.7 Å². The van der Waals surface area contributed by atoms with E-state index < -0.39 is 17.8 Å². The summed E-state index contributed by atoms with van der Waals surface area (Å²) in [7, 11) is 1.39. The van der Waals surface area contributed by atoms with Gasteiger partial charge in [0, 0.05) is 37.9 Å². The maximum Gasteiger partial charge on any atom is 0.308 e. The van der Waals surface area contributed by atoms with Gasteiger partial charge in [0.15, 0.2) is 11.6 Å². The van der Waals surface area contributed by atoms with Crippen LogP contribution < -0.4 is 10.1 Å². The fourth-order valence-corrected chi connectivity index (χ4v) is 5.15. The van der Waals surface area contributed by atoms with Crippen molar-refractivity contribution in [3.63, 3.8) is 0 Å². The molecule has 0 spiro atoms. The van der Waals surface area contributed by atoms with E-state index >= 15 is 0 Å². The zero-order chi connectivity index (χ0) is 25.9. The van der Waals surface area contributed by atoms with Gasteiger partial charge in [0.05, 0.1) is 26.2 Å². The van der Waals surface area contributed by atoms with Crippen LogP contribution in [0.2, 0.25) is 0 Å². The first kappa shape index (κ1) is 24.8. The van der Waals surface area contributed by atoms with Gasteiger partial charge in [-0.15, -0.1) is 0 Å². The van der Waals surface area contributed by atoms with Crippen molar-refractivity contribution in [1.82, 2.24) is 14.5 Å². The number of anilines is 1. The Morgan fingerprint density at radius 2 is 2.08 bits per heavy atom.